The highest BCUT2D eigenvalue weighted by molar-refractivity contribution is 5.89. The zero-order valence-corrected chi connectivity index (χ0v) is 12.0. The van der Waals surface area contributed by atoms with Gasteiger partial charge in [-0.25, -0.2) is 9.59 Å². The summed E-state index contributed by atoms with van der Waals surface area (Å²) in [5.41, 5.74) is 0.539. The highest BCUT2D eigenvalue weighted by Gasteiger charge is 2.47. The van der Waals surface area contributed by atoms with Crippen LogP contribution in [0.4, 0.5) is 4.79 Å². The van der Waals surface area contributed by atoms with Gasteiger partial charge in [-0.15, -0.1) is 0 Å². The molecular weight excluding hydrogens is 262 g/mol. The van der Waals surface area contributed by atoms with E-state index in [1.54, 1.807) is 0 Å². The largest absolute Gasteiger partial charge is 0.466 e. The number of carbonyl (C=O) groups excluding carboxylic acids is 2. The second-order valence-electron chi connectivity index (χ2n) is 5.24. The molecule has 6 nitrogen and oxygen atoms in total. The summed E-state index contributed by atoms with van der Waals surface area (Å²) in [7, 11) is 1.36. The standard InChI is InChI=1S/C14H21NO5/c1-4-15-14(17)20-13-11-8(2)5-6-9(11)10(7-19-13)12(16)18-3/h7-9,11,13H,4-6H2,1-3H3,(H,15,17). The van der Waals surface area contributed by atoms with Gasteiger partial charge in [0.05, 0.1) is 18.9 Å². The van der Waals surface area contributed by atoms with Crippen LogP contribution in [-0.4, -0.2) is 32.0 Å². The SMILES string of the molecule is CCNC(=O)OC1OC=C(C(=O)OC)C2CCC(C)C12. The Labute approximate surface area is 118 Å². The summed E-state index contributed by atoms with van der Waals surface area (Å²) >= 11 is 0. The molecule has 1 N–H and O–H groups in total. The van der Waals surface area contributed by atoms with Gasteiger partial charge in [-0.1, -0.05) is 6.92 Å². The molecule has 0 radical (unpaired) electrons. The van der Waals surface area contributed by atoms with E-state index in [-0.39, 0.29) is 17.8 Å². The number of fused-ring (bicyclic) bond motifs is 1. The lowest BCUT2D eigenvalue weighted by Gasteiger charge is -2.34. The first kappa shape index (κ1) is 14.7. The number of alkyl carbamates (subject to hydrolysis) is 1. The molecule has 4 atom stereocenters. The smallest absolute Gasteiger partial charge is 0.410 e. The molecule has 0 aromatic heterocycles. The summed E-state index contributed by atoms with van der Waals surface area (Å²) in [6.45, 7) is 4.40. The minimum absolute atomic E-state index is 0.00305. The second-order valence-corrected chi connectivity index (χ2v) is 5.24. The molecule has 2 aliphatic rings. The molecule has 1 heterocycles. The van der Waals surface area contributed by atoms with Crippen molar-refractivity contribution in [2.75, 3.05) is 13.7 Å². The van der Waals surface area contributed by atoms with E-state index in [1.807, 2.05) is 6.92 Å². The molecule has 1 saturated carbocycles. The first-order chi connectivity index (χ1) is 9.58. The van der Waals surface area contributed by atoms with Crippen LogP contribution in [0.15, 0.2) is 11.8 Å². The van der Waals surface area contributed by atoms with Crippen LogP contribution >= 0.6 is 0 Å². The maximum atomic E-state index is 11.8. The van der Waals surface area contributed by atoms with Crippen molar-refractivity contribution in [2.24, 2.45) is 17.8 Å². The Morgan fingerprint density at radius 3 is 2.85 bits per heavy atom. The van der Waals surface area contributed by atoms with E-state index in [0.29, 0.717) is 18.0 Å². The van der Waals surface area contributed by atoms with E-state index >= 15 is 0 Å². The van der Waals surface area contributed by atoms with Crippen LogP contribution in [-0.2, 0) is 19.0 Å². The zero-order chi connectivity index (χ0) is 14.7. The Hall–Kier alpha value is -1.72. The fourth-order valence-electron chi connectivity index (χ4n) is 3.08. The van der Waals surface area contributed by atoms with Gasteiger partial charge < -0.3 is 19.5 Å². The van der Waals surface area contributed by atoms with Crippen molar-refractivity contribution in [1.82, 2.24) is 5.32 Å². The third kappa shape index (κ3) is 2.73. The van der Waals surface area contributed by atoms with Gasteiger partial charge in [0.2, 0.25) is 6.29 Å². The highest BCUT2D eigenvalue weighted by Crippen LogP contribution is 2.46. The van der Waals surface area contributed by atoms with Gasteiger partial charge in [0.15, 0.2) is 0 Å². The van der Waals surface area contributed by atoms with Gasteiger partial charge in [-0.05, 0) is 25.7 Å². The second kappa shape index (κ2) is 6.15. The summed E-state index contributed by atoms with van der Waals surface area (Å²) in [4.78, 5) is 23.3. The molecule has 20 heavy (non-hydrogen) atoms. The van der Waals surface area contributed by atoms with Gasteiger partial charge in [-0.2, -0.15) is 0 Å². The van der Waals surface area contributed by atoms with Crippen LogP contribution in [0.3, 0.4) is 0 Å². The van der Waals surface area contributed by atoms with Crippen molar-refractivity contribution in [3.8, 4) is 0 Å². The summed E-state index contributed by atoms with van der Waals surface area (Å²) in [6, 6.07) is 0. The average Bonchev–Trinajstić information content (AvgIpc) is 2.81. The predicted octanol–water partition coefficient (Wildman–Crippen LogP) is 1.81. The lowest BCUT2D eigenvalue weighted by molar-refractivity contribution is -0.145. The van der Waals surface area contributed by atoms with E-state index in [2.05, 4.69) is 12.2 Å². The van der Waals surface area contributed by atoms with E-state index in [0.717, 1.165) is 12.8 Å². The van der Waals surface area contributed by atoms with Gasteiger partial charge in [0, 0.05) is 18.4 Å². The number of hydrogen-bond acceptors (Lipinski definition) is 5. The summed E-state index contributed by atoms with van der Waals surface area (Å²) < 4.78 is 15.6. The monoisotopic (exact) mass is 283 g/mol. The molecule has 1 amide bonds. The topological polar surface area (TPSA) is 73.9 Å². The summed E-state index contributed by atoms with van der Waals surface area (Å²) in [5, 5.41) is 2.58. The Kier molecular flexibility index (Phi) is 4.52. The van der Waals surface area contributed by atoms with Crippen molar-refractivity contribution in [1.29, 1.82) is 0 Å². The van der Waals surface area contributed by atoms with Gasteiger partial charge >= 0.3 is 12.1 Å². The normalized spacial score (nSPS) is 31.6. The Balaban J connectivity index is 2.14. The number of methoxy groups -OCH3 is 1. The molecule has 4 unspecified atom stereocenters. The third-order valence-corrected chi connectivity index (χ3v) is 4.06. The average molecular weight is 283 g/mol. The van der Waals surface area contributed by atoms with Crippen molar-refractivity contribution >= 4 is 12.1 Å². The molecule has 0 bridgehead atoms. The molecule has 1 aliphatic heterocycles. The minimum atomic E-state index is -0.641. The van der Waals surface area contributed by atoms with Crippen LogP contribution in [0.25, 0.3) is 0 Å². The fraction of sp³-hybridized carbons (Fsp3) is 0.714. The fourth-order valence-corrected chi connectivity index (χ4v) is 3.08. The minimum Gasteiger partial charge on any atom is -0.466 e. The molecule has 0 spiro atoms. The molecule has 1 fully saturated rings. The van der Waals surface area contributed by atoms with Gasteiger partial charge in [0.1, 0.15) is 0 Å². The highest BCUT2D eigenvalue weighted by atomic mass is 16.7. The first-order valence-electron chi connectivity index (χ1n) is 6.96. The van der Waals surface area contributed by atoms with Crippen LogP contribution < -0.4 is 5.32 Å². The van der Waals surface area contributed by atoms with Crippen molar-refractivity contribution < 1.29 is 23.8 Å². The zero-order valence-electron chi connectivity index (χ0n) is 12.0. The molecular formula is C14H21NO5. The van der Waals surface area contributed by atoms with E-state index < -0.39 is 12.4 Å². The third-order valence-electron chi connectivity index (χ3n) is 4.06. The number of amides is 1. The molecule has 112 valence electrons. The van der Waals surface area contributed by atoms with E-state index in [1.165, 1.54) is 13.4 Å². The Morgan fingerprint density at radius 1 is 1.45 bits per heavy atom. The molecule has 6 heteroatoms. The number of hydrogen-bond donors (Lipinski definition) is 1. The molecule has 1 aliphatic carbocycles. The van der Waals surface area contributed by atoms with E-state index in [4.69, 9.17) is 14.2 Å². The lowest BCUT2D eigenvalue weighted by atomic mass is 9.83. The van der Waals surface area contributed by atoms with Crippen LogP contribution in [0.2, 0.25) is 0 Å². The quantitative estimate of drug-likeness (QED) is 0.800. The number of rotatable bonds is 3. The molecule has 2 rings (SSSR count). The molecule has 0 saturated heterocycles. The van der Waals surface area contributed by atoms with Crippen molar-refractivity contribution in [3.63, 3.8) is 0 Å². The van der Waals surface area contributed by atoms with Crippen molar-refractivity contribution in [2.45, 2.75) is 33.0 Å². The van der Waals surface area contributed by atoms with Gasteiger partial charge in [-0.3, -0.25) is 0 Å². The lowest BCUT2D eigenvalue weighted by Crippen LogP contribution is -2.41. The van der Waals surface area contributed by atoms with Crippen LogP contribution in [0.5, 0.6) is 0 Å². The van der Waals surface area contributed by atoms with E-state index in [9.17, 15) is 9.59 Å². The Bertz CT molecular complexity index is 420. The van der Waals surface area contributed by atoms with Crippen LogP contribution in [0, 0.1) is 17.8 Å². The van der Waals surface area contributed by atoms with Crippen molar-refractivity contribution in [3.05, 3.63) is 11.8 Å². The maximum Gasteiger partial charge on any atom is 0.410 e. The Morgan fingerprint density at radius 2 is 2.20 bits per heavy atom. The number of esters is 1. The molecule has 0 aromatic rings. The number of carbonyl (C=O) groups is 2. The summed E-state index contributed by atoms with van der Waals surface area (Å²) in [6.07, 6.45) is 2.10. The van der Waals surface area contributed by atoms with Crippen LogP contribution in [0.1, 0.15) is 26.7 Å². The maximum absolute atomic E-state index is 11.8. The molecule has 0 aromatic carbocycles. The first-order valence-corrected chi connectivity index (χ1v) is 6.96. The predicted molar refractivity (Wildman–Crippen MR) is 70.5 cm³/mol. The summed E-state index contributed by atoms with van der Waals surface area (Å²) in [5.74, 6) is -0.0133. The number of ether oxygens (including phenoxy) is 3. The van der Waals surface area contributed by atoms with Gasteiger partial charge in [0.25, 0.3) is 0 Å². The number of nitrogens with one attached hydrogen (secondary N) is 1.